The van der Waals surface area contributed by atoms with Gasteiger partial charge in [-0.3, -0.25) is 4.79 Å². The standard InChI is InChI=1S/C20H19F5N4O3.C14H8F2N2O3/c21-13(12-8-27-19(26)28-9-12)6-11-5-10(1-2-16(11)32-18(22)23)17(31)29-14-7-20(24,25)4-3-15(14)30;15-14(16)21-12-4-3-11(13(19)20)5-10(12)2-1-9-6-17-8-18-7-9/h1-2,5-6,8-9,14-15,18,30H,3-4,7H2,(H,29,31)(H2,26,27,28);3-8,14H,(H,19,20)/b13-6-;/t14-,15-;/m0./s1. The first-order valence-corrected chi connectivity index (χ1v) is 15.1. The number of carbonyl (C=O) groups excluding carboxylic acids is 1. The molecule has 1 aliphatic rings. The zero-order valence-electron chi connectivity index (χ0n) is 26.9. The van der Waals surface area contributed by atoms with Crippen molar-refractivity contribution in [3.63, 3.8) is 0 Å². The number of ether oxygens (including phenoxy) is 2. The minimum atomic E-state index is -3.22. The first-order chi connectivity index (χ1) is 25.1. The number of nitrogens with two attached hydrogens (primary N) is 1. The first kappa shape index (κ1) is 39.5. The number of hydrogen-bond donors (Lipinski definition) is 4. The number of aliphatic hydroxyl groups excluding tert-OH is 1. The van der Waals surface area contributed by atoms with Crippen LogP contribution in [-0.4, -0.2) is 73.3 Å². The Morgan fingerprint density at radius 2 is 1.55 bits per heavy atom. The van der Waals surface area contributed by atoms with Gasteiger partial charge in [0.25, 0.3) is 5.91 Å². The smallest absolute Gasteiger partial charge is 0.387 e. The van der Waals surface area contributed by atoms with E-state index in [9.17, 15) is 45.4 Å². The molecule has 1 saturated carbocycles. The van der Waals surface area contributed by atoms with Crippen LogP contribution in [0.3, 0.4) is 0 Å². The Morgan fingerprint density at radius 1 is 0.925 bits per heavy atom. The van der Waals surface area contributed by atoms with Gasteiger partial charge in [0.1, 0.15) is 23.7 Å². The van der Waals surface area contributed by atoms with Crippen molar-refractivity contribution >= 4 is 29.7 Å². The minimum absolute atomic E-state index is 0.0408. The molecule has 0 radical (unpaired) electrons. The summed E-state index contributed by atoms with van der Waals surface area (Å²) in [4.78, 5) is 38.2. The van der Waals surface area contributed by atoms with Crippen molar-refractivity contribution in [2.45, 2.75) is 50.6 Å². The SMILES string of the molecule is Nc1ncc(/C(F)=C/c2cc(C(=O)N[C@H]3CC(F)(F)CC[C@@H]3O)ccc2OC(F)F)cn1.O=C(O)c1ccc(OC(F)F)c(C#Cc2cncnc2)c1. The molecule has 2 atom stereocenters. The second kappa shape index (κ2) is 17.8. The molecule has 19 heteroatoms. The Kier molecular flexibility index (Phi) is 13.2. The van der Waals surface area contributed by atoms with E-state index in [1.807, 2.05) is 0 Å². The summed E-state index contributed by atoms with van der Waals surface area (Å²) in [5, 5.41) is 21.2. The third-order valence-corrected chi connectivity index (χ3v) is 7.17. The quantitative estimate of drug-likeness (QED) is 0.124. The summed E-state index contributed by atoms with van der Waals surface area (Å²) in [5.41, 5.74) is 5.29. The number of aliphatic hydroxyl groups is 1. The van der Waals surface area contributed by atoms with Crippen LogP contribution in [0.2, 0.25) is 0 Å². The molecule has 0 unspecified atom stereocenters. The van der Waals surface area contributed by atoms with Crippen LogP contribution in [0, 0.1) is 11.8 Å². The van der Waals surface area contributed by atoms with Crippen molar-refractivity contribution in [3.05, 3.63) is 101 Å². The van der Waals surface area contributed by atoms with Crippen molar-refractivity contribution in [1.82, 2.24) is 25.3 Å². The summed E-state index contributed by atoms with van der Waals surface area (Å²) >= 11 is 0. The van der Waals surface area contributed by atoms with Gasteiger partial charge in [-0.1, -0.05) is 11.8 Å². The first-order valence-electron chi connectivity index (χ1n) is 15.1. The Morgan fingerprint density at radius 3 is 2.19 bits per heavy atom. The molecule has 2 aromatic heterocycles. The van der Waals surface area contributed by atoms with E-state index in [0.29, 0.717) is 5.56 Å². The molecule has 0 aliphatic heterocycles. The monoisotopic (exact) mass is 748 g/mol. The molecular weight excluding hydrogens is 721 g/mol. The van der Waals surface area contributed by atoms with E-state index in [1.54, 1.807) is 0 Å². The second-order valence-corrected chi connectivity index (χ2v) is 11.0. The van der Waals surface area contributed by atoms with Gasteiger partial charge in [-0.15, -0.1) is 0 Å². The number of benzene rings is 2. The summed E-state index contributed by atoms with van der Waals surface area (Å²) < 4.78 is 101. The molecule has 0 spiro atoms. The minimum Gasteiger partial charge on any atom is -0.478 e. The maximum atomic E-state index is 14.6. The highest BCUT2D eigenvalue weighted by atomic mass is 19.3. The van der Waals surface area contributed by atoms with E-state index in [1.165, 1.54) is 18.7 Å². The molecule has 278 valence electrons. The maximum Gasteiger partial charge on any atom is 0.387 e. The number of nitrogens with one attached hydrogen (secondary N) is 1. The number of anilines is 1. The molecule has 0 saturated heterocycles. The van der Waals surface area contributed by atoms with E-state index in [4.69, 9.17) is 10.8 Å². The fraction of sp³-hybridized carbons (Fsp3) is 0.235. The molecule has 4 aromatic rings. The lowest BCUT2D eigenvalue weighted by Crippen LogP contribution is -2.50. The number of alkyl halides is 6. The number of nitrogens with zero attached hydrogens (tertiary/aromatic N) is 4. The van der Waals surface area contributed by atoms with Crippen molar-refractivity contribution in [2.24, 2.45) is 0 Å². The lowest BCUT2D eigenvalue weighted by atomic mass is 9.89. The number of amides is 1. The van der Waals surface area contributed by atoms with Crippen molar-refractivity contribution in [2.75, 3.05) is 5.73 Å². The molecule has 53 heavy (non-hydrogen) atoms. The zero-order valence-corrected chi connectivity index (χ0v) is 26.9. The van der Waals surface area contributed by atoms with Gasteiger partial charge in [0.05, 0.1) is 28.8 Å². The van der Waals surface area contributed by atoms with Gasteiger partial charge in [-0.25, -0.2) is 37.9 Å². The molecule has 1 aliphatic carbocycles. The number of hydrogen-bond acceptors (Lipinski definition) is 10. The van der Waals surface area contributed by atoms with Crippen LogP contribution in [0.1, 0.15) is 62.2 Å². The van der Waals surface area contributed by atoms with Gasteiger partial charge in [0, 0.05) is 54.3 Å². The van der Waals surface area contributed by atoms with Gasteiger partial charge in [-0.05, 0) is 48.9 Å². The molecule has 2 heterocycles. The van der Waals surface area contributed by atoms with E-state index in [-0.39, 0.29) is 45.9 Å². The zero-order chi connectivity index (χ0) is 38.7. The van der Waals surface area contributed by atoms with Crippen LogP contribution in [0.4, 0.5) is 36.7 Å². The summed E-state index contributed by atoms with van der Waals surface area (Å²) in [6, 6.07) is 5.45. The fourth-order valence-electron chi connectivity index (χ4n) is 4.67. The maximum absolute atomic E-state index is 14.6. The van der Waals surface area contributed by atoms with Crippen LogP contribution >= 0.6 is 0 Å². The number of aromatic carboxylic acids is 1. The van der Waals surface area contributed by atoms with E-state index >= 15 is 0 Å². The topological polar surface area (TPSA) is 183 Å². The Bertz CT molecular complexity index is 1990. The lowest BCUT2D eigenvalue weighted by molar-refractivity contribution is -0.0768. The van der Waals surface area contributed by atoms with E-state index < -0.39 is 67.6 Å². The molecule has 1 amide bonds. The highest BCUT2D eigenvalue weighted by Gasteiger charge is 2.41. The number of carboxylic acids is 1. The Labute approximate surface area is 295 Å². The highest BCUT2D eigenvalue weighted by molar-refractivity contribution is 5.96. The largest absolute Gasteiger partial charge is 0.478 e. The number of carboxylic acid groups (broad SMARTS) is 1. The number of rotatable bonds is 9. The number of nitrogen functional groups attached to an aromatic ring is 1. The molecular formula is C34H27F7N6O6. The lowest BCUT2D eigenvalue weighted by Gasteiger charge is -2.33. The van der Waals surface area contributed by atoms with Crippen LogP contribution in [-0.2, 0) is 0 Å². The van der Waals surface area contributed by atoms with Crippen LogP contribution in [0.5, 0.6) is 11.5 Å². The van der Waals surface area contributed by atoms with Crippen molar-refractivity contribution in [3.8, 4) is 23.3 Å². The summed E-state index contributed by atoms with van der Waals surface area (Å²) in [7, 11) is 0. The van der Waals surface area contributed by atoms with E-state index in [0.717, 1.165) is 54.9 Å². The molecule has 5 rings (SSSR count). The Balaban J connectivity index is 0.000000258. The van der Waals surface area contributed by atoms with Crippen LogP contribution in [0.15, 0.2) is 67.5 Å². The van der Waals surface area contributed by atoms with Gasteiger partial charge in [-0.2, -0.15) is 17.6 Å². The van der Waals surface area contributed by atoms with Gasteiger partial charge < -0.3 is 30.7 Å². The summed E-state index contributed by atoms with van der Waals surface area (Å²) in [6.07, 6.45) is 4.57. The van der Waals surface area contributed by atoms with Crippen LogP contribution in [0.25, 0.3) is 11.9 Å². The average molecular weight is 749 g/mol. The van der Waals surface area contributed by atoms with Gasteiger partial charge in [0.15, 0.2) is 0 Å². The molecule has 5 N–H and O–H groups in total. The van der Waals surface area contributed by atoms with Crippen molar-refractivity contribution < 1.29 is 60.0 Å². The second-order valence-electron chi connectivity index (χ2n) is 11.0. The Hall–Kier alpha value is -6.29. The van der Waals surface area contributed by atoms with Gasteiger partial charge >= 0.3 is 19.2 Å². The number of carbonyl (C=O) groups is 2. The summed E-state index contributed by atoms with van der Waals surface area (Å²) in [6.45, 7) is -6.24. The van der Waals surface area contributed by atoms with E-state index in [2.05, 4.69) is 46.6 Å². The van der Waals surface area contributed by atoms with Crippen LogP contribution < -0.4 is 20.5 Å². The highest BCUT2D eigenvalue weighted by Crippen LogP contribution is 2.34. The molecule has 2 aromatic carbocycles. The summed E-state index contributed by atoms with van der Waals surface area (Å²) in [5.74, 6) is -1.49. The normalized spacial score (nSPS) is 16.5. The third kappa shape index (κ3) is 11.9. The number of aromatic nitrogens is 4. The van der Waals surface area contributed by atoms with Crippen molar-refractivity contribution in [1.29, 1.82) is 0 Å². The third-order valence-electron chi connectivity index (χ3n) is 7.17. The molecule has 12 nitrogen and oxygen atoms in total. The number of halogens is 7. The predicted octanol–water partition coefficient (Wildman–Crippen LogP) is 5.58. The molecule has 0 bridgehead atoms. The fourth-order valence-corrected chi connectivity index (χ4v) is 4.67. The van der Waals surface area contributed by atoms with Gasteiger partial charge in [0.2, 0.25) is 11.9 Å². The molecule has 1 fully saturated rings. The predicted molar refractivity (Wildman–Crippen MR) is 173 cm³/mol. The average Bonchev–Trinajstić information content (AvgIpc) is 3.10.